The summed E-state index contributed by atoms with van der Waals surface area (Å²) in [6, 6.07) is 72.4. The Morgan fingerprint density at radius 2 is 0.754 bits per heavy atom. The molecule has 57 heavy (non-hydrogen) atoms. The van der Waals surface area contributed by atoms with Crippen molar-refractivity contribution in [2.75, 3.05) is 0 Å². The van der Waals surface area contributed by atoms with Crippen molar-refractivity contribution in [1.82, 2.24) is 0 Å². The first kappa shape index (κ1) is 35.0. The zero-order chi connectivity index (χ0) is 38.3. The van der Waals surface area contributed by atoms with Gasteiger partial charge < -0.3 is 0 Å². The first-order valence-corrected chi connectivity index (χ1v) is 20.7. The third kappa shape index (κ3) is 5.91. The molecule has 1 aliphatic rings. The minimum absolute atomic E-state index is 0.0354. The van der Waals surface area contributed by atoms with Crippen LogP contribution in [0.25, 0.3) is 88.3 Å². The van der Waals surface area contributed by atoms with Gasteiger partial charge in [-0.1, -0.05) is 197 Å². The van der Waals surface area contributed by atoms with E-state index in [1.165, 1.54) is 119 Å². The van der Waals surface area contributed by atoms with Crippen LogP contribution in [0.1, 0.15) is 50.7 Å². The average Bonchev–Trinajstić information content (AvgIpc) is 3.56. The Balaban J connectivity index is 1.12. The largest absolute Gasteiger partial charge is 0.0654 e. The first-order valence-electron chi connectivity index (χ1n) is 20.7. The summed E-state index contributed by atoms with van der Waals surface area (Å²) < 4.78 is 0. The molecule has 0 heterocycles. The van der Waals surface area contributed by atoms with Crippen molar-refractivity contribution in [1.29, 1.82) is 0 Å². The summed E-state index contributed by atoms with van der Waals surface area (Å²) in [4.78, 5) is 0. The van der Waals surface area contributed by atoms with Crippen molar-refractivity contribution in [3.63, 3.8) is 0 Å². The molecule has 0 saturated carbocycles. The molecule has 9 aromatic rings. The Labute approximate surface area is 337 Å². The normalized spacial score (nSPS) is 14.5. The third-order valence-corrected chi connectivity index (χ3v) is 12.7. The quantitative estimate of drug-likeness (QED) is 0.130. The second-order valence-electron chi connectivity index (χ2n) is 15.8. The summed E-state index contributed by atoms with van der Waals surface area (Å²) in [5.74, 6) is 0. The molecule has 0 aliphatic heterocycles. The highest BCUT2D eigenvalue weighted by Crippen LogP contribution is 2.55. The van der Waals surface area contributed by atoms with Crippen molar-refractivity contribution in [2.45, 2.75) is 44.9 Å². The van der Waals surface area contributed by atoms with Crippen LogP contribution in [0.5, 0.6) is 0 Å². The van der Waals surface area contributed by atoms with Crippen molar-refractivity contribution in [3.8, 4) is 66.8 Å². The maximum Gasteiger partial charge on any atom is 0.0212 e. The molecule has 0 N–H and O–H groups in total. The number of benzene rings is 9. The number of unbranched alkanes of at least 4 members (excludes halogenated alkanes) is 1. The van der Waals surface area contributed by atoms with Crippen LogP contribution in [-0.4, -0.2) is 0 Å². The molecule has 0 spiro atoms. The predicted molar refractivity (Wildman–Crippen MR) is 245 cm³/mol. The van der Waals surface area contributed by atoms with E-state index in [0.717, 1.165) is 6.42 Å². The van der Waals surface area contributed by atoms with Crippen molar-refractivity contribution >= 4 is 21.5 Å². The number of fused-ring (bicyclic) bond motifs is 5. The Hall–Kier alpha value is -6.50. The van der Waals surface area contributed by atoms with E-state index in [2.05, 4.69) is 208 Å². The van der Waals surface area contributed by atoms with Crippen LogP contribution in [-0.2, 0) is 5.41 Å². The van der Waals surface area contributed by atoms with E-state index in [1.807, 2.05) is 0 Å². The zero-order valence-electron chi connectivity index (χ0n) is 32.8. The topological polar surface area (TPSA) is 0 Å². The molecule has 1 atom stereocenters. The van der Waals surface area contributed by atoms with E-state index in [9.17, 15) is 0 Å². The van der Waals surface area contributed by atoms with Gasteiger partial charge in [0, 0.05) is 5.41 Å². The highest BCUT2D eigenvalue weighted by Gasteiger charge is 2.41. The van der Waals surface area contributed by atoms with Gasteiger partial charge in [0.1, 0.15) is 0 Å². The van der Waals surface area contributed by atoms with Crippen LogP contribution in [0.4, 0.5) is 0 Å². The molecular formula is C57H46. The Kier molecular flexibility index (Phi) is 8.91. The SMILES string of the molecule is CCCCC1(CC)c2ccccc2-c2ccc(-c3c4ccccc4c(-c4ccc(-c5cc(-c6ccccc6)cc(-c6ccccc6)c5)cc4)c4ccccc34)cc21. The summed E-state index contributed by atoms with van der Waals surface area (Å²) in [7, 11) is 0. The molecule has 0 radical (unpaired) electrons. The van der Waals surface area contributed by atoms with Gasteiger partial charge >= 0.3 is 0 Å². The van der Waals surface area contributed by atoms with Crippen LogP contribution in [0.3, 0.4) is 0 Å². The maximum atomic E-state index is 2.56. The Bertz CT molecular complexity index is 2780. The Morgan fingerprint density at radius 1 is 0.333 bits per heavy atom. The Morgan fingerprint density at radius 3 is 1.28 bits per heavy atom. The second kappa shape index (κ2) is 14.5. The summed E-state index contributed by atoms with van der Waals surface area (Å²) in [5, 5.41) is 5.16. The molecule has 1 unspecified atom stereocenters. The lowest BCUT2D eigenvalue weighted by Gasteiger charge is -2.31. The van der Waals surface area contributed by atoms with Gasteiger partial charge in [0.05, 0.1) is 0 Å². The fourth-order valence-electron chi connectivity index (χ4n) is 9.89. The van der Waals surface area contributed by atoms with Gasteiger partial charge in [0.15, 0.2) is 0 Å². The second-order valence-corrected chi connectivity index (χ2v) is 15.8. The van der Waals surface area contributed by atoms with E-state index in [4.69, 9.17) is 0 Å². The minimum Gasteiger partial charge on any atom is -0.0654 e. The van der Waals surface area contributed by atoms with Crippen LogP contribution in [0, 0.1) is 0 Å². The molecule has 0 saturated heterocycles. The van der Waals surface area contributed by atoms with Gasteiger partial charge in [-0.3, -0.25) is 0 Å². The summed E-state index contributed by atoms with van der Waals surface area (Å²) in [6.45, 7) is 4.71. The fraction of sp³-hybridized carbons (Fsp3) is 0.123. The van der Waals surface area contributed by atoms with E-state index < -0.39 is 0 Å². The van der Waals surface area contributed by atoms with Gasteiger partial charge in [0.2, 0.25) is 0 Å². The highest BCUT2D eigenvalue weighted by molar-refractivity contribution is 6.21. The first-order chi connectivity index (χ1) is 28.2. The standard InChI is InChI=1S/C57H46/c1-3-5-34-57(4-2)53-27-17-16-22-47(53)48-33-32-43(38-54(48)57)56-51-25-14-12-23-49(51)55(50-24-13-15-26-52(50)56)42-30-28-41(29-31-42)46-36-44(39-18-8-6-9-19-39)35-45(37-46)40-20-10-7-11-21-40/h6-33,35-38H,3-5,34H2,1-2H3. The van der Waals surface area contributed by atoms with Crippen LogP contribution < -0.4 is 0 Å². The molecule has 0 aromatic heterocycles. The average molecular weight is 731 g/mol. The summed E-state index contributed by atoms with van der Waals surface area (Å²) in [5.41, 5.74) is 18.3. The molecule has 274 valence electrons. The predicted octanol–water partition coefficient (Wildman–Crippen LogP) is 16.2. The van der Waals surface area contributed by atoms with Crippen molar-refractivity contribution in [3.05, 3.63) is 205 Å². The maximum absolute atomic E-state index is 2.56. The van der Waals surface area contributed by atoms with Gasteiger partial charge in [-0.05, 0) is 137 Å². The molecule has 9 aromatic carbocycles. The van der Waals surface area contributed by atoms with Crippen molar-refractivity contribution in [2.24, 2.45) is 0 Å². The molecule has 0 heteroatoms. The van der Waals surface area contributed by atoms with Crippen molar-refractivity contribution < 1.29 is 0 Å². The number of rotatable bonds is 9. The lowest BCUT2D eigenvalue weighted by Crippen LogP contribution is -2.24. The lowest BCUT2D eigenvalue weighted by molar-refractivity contribution is 0.447. The molecule has 10 rings (SSSR count). The highest BCUT2D eigenvalue weighted by atomic mass is 14.4. The van der Waals surface area contributed by atoms with Crippen LogP contribution in [0.2, 0.25) is 0 Å². The lowest BCUT2D eigenvalue weighted by atomic mass is 9.72. The fourth-order valence-corrected chi connectivity index (χ4v) is 9.89. The van der Waals surface area contributed by atoms with Gasteiger partial charge in [-0.2, -0.15) is 0 Å². The molecular weight excluding hydrogens is 685 g/mol. The van der Waals surface area contributed by atoms with E-state index >= 15 is 0 Å². The molecule has 0 bridgehead atoms. The minimum atomic E-state index is 0.0354. The zero-order valence-corrected chi connectivity index (χ0v) is 32.8. The number of hydrogen-bond donors (Lipinski definition) is 0. The van der Waals surface area contributed by atoms with Crippen LogP contribution >= 0.6 is 0 Å². The smallest absolute Gasteiger partial charge is 0.0212 e. The van der Waals surface area contributed by atoms with Gasteiger partial charge in [-0.15, -0.1) is 0 Å². The van der Waals surface area contributed by atoms with E-state index in [1.54, 1.807) is 0 Å². The third-order valence-electron chi connectivity index (χ3n) is 12.7. The van der Waals surface area contributed by atoms with Gasteiger partial charge in [0.25, 0.3) is 0 Å². The van der Waals surface area contributed by atoms with E-state index in [-0.39, 0.29) is 5.41 Å². The molecule has 0 nitrogen and oxygen atoms in total. The van der Waals surface area contributed by atoms with Crippen LogP contribution in [0.15, 0.2) is 194 Å². The monoisotopic (exact) mass is 730 g/mol. The molecule has 0 fully saturated rings. The van der Waals surface area contributed by atoms with Gasteiger partial charge in [-0.25, -0.2) is 0 Å². The molecule has 0 amide bonds. The van der Waals surface area contributed by atoms with E-state index in [0.29, 0.717) is 0 Å². The summed E-state index contributed by atoms with van der Waals surface area (Å²) >= 11 is 0. The molecule has 1 aliphatic carbocycles. The number of hydrogen-bond acceptors (Lipinski definition) is 0. The summed E-state index contributed by atoms with van der Waals surface area (Å²) in [6.07, 6.45) is 4.69.